The van der Waals surface area contributed by atoms with Crippen LogP contribution < -0.4 is 11.6 Å². The van der Waals surface area contributed by atoms with E-state index in [1.165, 1.54) is 0 Å². The van der Waals surface area contributed by atoms with E-state index in [0.717, 1.165) is 0 Å². The van der Waals surface area contributed by atoms with Crippen molar-refractivity contribution >= 4 is 5.97 Å². The Balaban J connectivity index is 3.72. The molecule has 0 saturated heterocycles. The lowest BCUT2D eigenvalue weighted by molar-refractivity contribution is -0.146. The summed E-state index contributed by atoms with van der Waals surface area (Å²) in [6, 6.07) is -0.602. The Morgan fingerprint density at radius 1 is 1.56 bits per heavy atom. The topological polar surface area (TPSA) is 78.3 Å². The normalized spacial score (nSPS) is 13.4. The van der Waals surface area contributed by atoms with Gasteiger partial charge in [-0.25, -0.2) is 4.79 Å². The summed E-state index contributed by atoms with van der Waals surface area (Å²) >= 11 is 0. The summed E-state index contributed by atoms with van der Waals surface area (Å²) in [5, 5.41) is 0. The van der Waals surface area contributed by atoms with Crippen LogP contribution in [0.25, 0.3) is 0 Å². The molecule has 0 saturated carbocycles. The van der Waals surface area contributed by atoms with Crippen LogP contribution in [0.15, 0.2) is 0 Å². The number of hydrogen-bond donors (Lipinski definition) is 2. The van der Waals surface area contributed by atoms with Gasteiger partial charge in [-0.15, -0.1) is 0 Å². The van der Waals surface area contributed by atoms with E-state index >= 15 is 0 Å². The zero-order valence-corrected chi connectivity index (χ0v) is 5.63. The van der Waals surface area contributed by atoms with Gasteiger partial charge in [0.25, 0.3) is 0 Å². The molecule has 0 fully saturated rings. The van der Waals surface area contributed by atoms with Gasteiger partial charge in [-0.3, -0.25) is 0 Å². The molecule has 4 nitrogen and oxygen atoms in total. The fourth-order valence-corrected chi connectivity index (χ4v) is 0.351. The first-order valence-electron chi connectivity index (χ1n) is 2.75. The molecule has 1 atom stereocenters. The van der Waals surface area contributed by atoms with E-state index in [4.69, 9.17) is 5.73 Å². The Morgan fingerprint density at radius 3 is 2.11 bits per heavy atom. The minimum atomic E-state index is -0.602. The second kappa shape index (κ2) is 3.42. The smallest absolute Gasteiger partial charge is 0.341 e. The van der Waals surface area contributed by atoms with Crippen LogP contribution in [0, 0.1) is 5.92 Å². The van der Waals surface area contributed by atoms with Crippen molar-refractivity contribution in [1.82, 2.24) is 0 Å². The Labute approximate surface area is 54.1 Å². The fraction of sp³-hybridized carbons (Fsp3) is 0.800. The number of rotatable bonds is 2. The van der Waals surface area contributed by atoms with E-state index in [2.05, 4.69) is 10.7 Å². The van der Waals surface area contributed by atoms with Gasteiger partial charge < -0.3 is 10.6 Å². The van der Waals surface area contributed by atoms with Crippen LogP contribution in [0.5, 0.6) is 0 Å². The van der Waals surface area contributed by atoms with Crippen molar-refractivity contribution in [2.45, 2.75) is 19.9 Å². The quantitative estimate of drug-likeness (QED) is 0.491. The van der Waals surface area contributed by atoms with Crippen molar-refractivity contribution in [1.29, 1.82) is 0 Å². The van der Waals surface area contributed by atoms with Crippen molar-refractivity contribution in [3.8, 4) is 0 Å². The van der Waals surface area contributed by atoms with E-state index in [1.54, 1.807) is 0 Å². The molecule has 0 rings (SSSR count). The summed E-state index contributed by atoms with van der Waals surface area (Å²) in [4.78, 5) is 14.4. The highest BCUT2D eigenvalue weighted by atomic mass is 16.7. The Bertz CT molecular complexity index is 103. The molecule has 0 bridgehead atoms. The SMILES string of the molecule is CC(C)C(N)C(=O)ON. The van der Waals surface area contributed by atoms with Crippen LogP contribution in [-0.4, -0.2) is 12.0 Å². The standard InChI is InChI=1S/C5H12N2O2/c1-3(2)4(6)5(8)9-7/h3-4H,6-7H2,1-2H3. The molecule has 0 aromatic heterocycles. The van der Waals surface area contributed by atoms with Gasteiger partial charge in [-0.1, -0.05) is 13.8 Å². The third-order valence-corrected chi connectivity index (χ3v) is 1.11. The first kappa shape index (κ1) is 8.39. The second-order valence-electron chi connectivity index (χ2n) is 2.21. The predicted molar refractivity (Wildman–Crippen MR) is 33.1 cm³/mol. The average molecular weight is 132 g/mol. The molecule has 0 aromatic carbocycles. The average Bonchev–Trinajstić information content (AvgIpc) is 1.84. The minimum Gasteiger partial charge on any atom is -0.372 e. The monoisotopic (exact) mass is 132 g/mol. The molecule has 4 heteroatoms. The largest absolute Gasteiger partial charge is 0.372 e. The maximum Gasteiger partial charge on any atom is 0.341 e. The first-order valence-corrected chi connectivity index (χ1v) is 2.75. The molecule has 0 aliphatic rings. The zero-order chi connectivity index (χ0) is 7.44. The van der Waals surface area contributed by atoms with Crippen LogP contribution >= 0.6 is 0 Å². The van der Waals surface area contributed by atoms with Crippen molar-refractivity contribution in [2.24, 2.45) is 17.5 Å². The predicted octanol–water partition coefficient (Wildman–Crippen LogP) is -0.613. The van der Waals surface area contributed by atoms with E-state index in [9.17, 15) is 4.79 Å². The summed E-state index contributed by atoms with van der Waals surface area (Å²) in [5.41, 5.74) is 5.32. The lowest BCUT2D eigenvalue weighted by Gasteiger charge is -2.10. The third-order valence-electron chi connectivity index (χ3n) is 1.11. The molecule has 0 amide bonds. The molecule has 0 radical (unpaired) electrons. The van der Waals surface area contributed by atoms with Crippen LogP contribution in [0.2, 0.25) is 0 Å². The molecule has 1 unspecified atom stereocenters. The number of nitrogens with two attached hydrogens (primary N) is 2. The third kappa shape index (κ3) is 2.43. The van der Waals surface area contributed by atoms with Gasteiger partial charge in [0.05, 0.1) is 0 Å². The van der Waals surface area contributed by atoms with E-state index in [1.807, 2.05) is 13.8 Å². The maximum atomic E-state index is 10.5. The first-order chi connectivity index (χ1) is 4.09. The lowest BCUT2D eigenvalue weighted by Crippen LogP contribution is -2.38. The summed E-state index contributed by atoms with van der Waals surface area (Å²) in [6.07, 6.45) is 0. The molecule has 9 heavy (non-hydrogen) atoms. The highest BCUT2D eigenvalue weighted by Crippen LogP contribution is 1.97. The summed E-state index contributed by atoms with van der Waals surface area (Å²) in [5.74, 6) is 4.09. The second-order valence-corrected chi connectivity index (χ2v) is 2.21. The van der Waals surface area contributed by atoms with Crippen molar-refractivity contribution in [3.05, 3.63) is 0 Å². The van der Waals surface area contributed by atoms with Gasteiger partial charge in [0.1, 0.15) is 6.04 Å². The van der Waals surface area contributed by atoms with Gasteiger partial charge in [0.15, 0.2) is 0 Å². The van der Waals surface area contributed by atoms with Gasteiger partial charge in [0.2, 0.25) is 0 Å². The highest BCUT2D eigenvalue weighted by molar-refractivity contribution is 5.75. The molecule has 0 spiro atoms. The van der Waals surface area contributed by atoms with Crippen molar-refractivity contribution < 1.29 is 9.63 Å². The van der Waals surface area contributed by atoms with E-state index in [-0.39, 0.29) is 5.92 Å². The van der Waals surface area contributed by atoms with E-state index < -0.39 is 12.0 Å². The Morgan fingerprint density at radius 2 is 2.00 bits per heavy atom. The maximum absolute atomic E-state index is 10.5. The van der Waals surface area contributed by atoms with Gasteiger partial charge in [-0.2, -0.15) is 5.90 Å². The Hall–Kier alpha value is -0.610. The van der Waals surface area contributed by atoms with Crippen molar-refractivity contribution in [2.75, 3.05) is 0 Å². The lowest BCUT2D eigenvalue weighted by atomic mass is 10.1. The minimum absolute atomic E-state index is 0.0704. The molecular formula is C5H12N2O2. The molecule has 54 valence electrons. The zero-order valence-electron chi connectivity index (χ0n) is 5.63. The summed E-state index contributed by atoms with van der Waals surface area (Å²) in [6.45, 7) is 3.64. The molecule has 4 N–H and O–H groups in total. The number of carbonyl (C=O) groups excluding carboxylic acids is 1. The number of hydrogen-bond acceptors (Lipinski definition) is 4. The Kier molecular flexibility index (Phi) is 3.19. The van der Waals surface area contributed by atoms with Gasteiger partial charge in [0, 0.05) is 0 Å². The van der Waals surface area contributed by atoms with Crippen LogP contribution in [-0.2, 0) is 9.63 Å². The molecule has 0 aliphatic carbocycles. The van der Waals surface area contributed by atoms with Crippen molar-refractivity contribution in [3.63, 3.8) is 0 Å². The highest BCUT2D eigenvalue weighted by Gasteiger charge is 2.17. The summed E-state index contributed by atoms with van der Waals surface area (Å²) < 4.78 is 0. The summed E-state index contributed by atoms with van der Waals surface area (Å²) in [7, 11) is 0. The van der Waals surface area contributed by atoms with Crippen LogP contribution in [0.4, 0.5) is 0 Å². The van der Waals surface area contributed by atoms with Gasteiger partial charge in [-0.05, 0) is 5.92 Å². The molecule has 0 aliphatic heterocycles. The van der Waals surface area contributed by atoms with Crippen LogP contribution in [0.1, 0.15) is 13.8 Å². The molecule has 0 aromatic rings. The van der Waals surface area contributed by atoms with E-state index in [0.29, 0.717) is 0 Å². The molecule has 0 heterocycles. The van der Waals surface area contributed by atoms with Crippen LogP contribution in [0.3, 0.4) is 0 Å². The number of carbonyl (C=O) groups is 1. The van der Waals surface area contributed by atoms with Gasteiger partial charge >= 0.3 is 5.97 Å². The molecular weight excluding hydrogens is 120 g/mol. The fourth-order valence-electron chi connectivity index (χ4n) is 0.351.